The Labute approximate surface area is 202 Å². The van der Waals surface area contributed by atoms with Crippen LogP contribution in [0.2, 0.25) is 0 Å². The molecule has 0 unspecified atom stereocenters. The summed E-state index contributed by atoms with van der Waals surface area (Å²) in [5.74, 6) is -0.203. The molecular formula is C28H20N6O. The number of carbonyl (C=O) groups is 1. The number of aromatic nitrogens is 2. The maximum Gasteiger partial charge on any atom is 0.255 e. The molecule has 3 N–H and O–H groups in total. The van der Waals surface area contributed by atoms with E-state index in [0.29, 0.717) is 16.8 Å². The zero-order chi connectivity index (χ0) is 24.0. The molecule has 35 heavy (non-hydrogen) atoms. The van der Waals surface area contributed by atoms with Gasteiger partial charge in [-0.05, 0) is 78.9 Å². The Balaban J connectivity index is 1.29. The summed E-state index contributed by atoms with van der Waals surface area (Å²) in [4.78, 5) is 21.2. The van der Waals surface area contributed by atoms with Gasteiger partial charge in [-0.1, -0.05) is 6.07 Å². The van der Waals surface area contributed by atoms with Crippen LogP contribution in [-0.2, 0) is 0 Å². The monoisotopic (exact) mass is 456 g/mol. The molecule has 2 heterocycles. The van der Waals surface area contributed by atoms with Crippen LogP contribution in [0.1, 0.15) is 15.9 Å². The van der Waals surface area contributed by atoms with Crippen LogP contribution in [0.25, 0.3) is 10.9 Å². The summed E-state index contributed by atoms with van der Waals surface area (Å²) in [5.41, 5.74) is 6.00. The number of nitrogens with zero attached hydrogens (tertiary/aromatic N) is 3. The lowest BCUT2D eigenvalue weighted by Crippen LogP contribution is -2.11. The van der Waals surface area contributed by atoms with Gasteiger partial charge in [-0.3, -0.25) is 14.8 Å². The molecule has 0 saturated carbocycles. The summed E-state index contributed by atoms with van der Waals surface area (Å²) < 4.78 is 0. The Morgan fingerprint density at radius 2 is 1.51 bits per heavy atom. The molecule has 168 valence electrons. The molecule has 7 nitrogen and oxygen atoms in total. The quantitative estimate of drug-likeness (QED) is 0.279. The van der Waals surface area contributed by atoms with Crippen molar-refractivity contribution in [2.75, 3.05) is 16.0 Å². The molecule has 0 aliphatic carbocycles. The van der Waals surface area contributed by atoms with Crippen LogP contribution in [0, 0.1) is 11.3 Å². The van der Waals surface area contributed by atoms with E-state index in [1.165, 1.54) is 0 Å². The first-order valence-corrected chi connectivity index (χ1v) is 10.9. The minimum absolute atomic E-state index is 0.203. The van der Waals surface area contributed by atoms with E-state index in [-0.39, 0.29) is 5.91 Å². The van der Waals surface area contributed by atoms with Crippen molar-refractivity contribution in [2.24, 2.45) is 0 Å². The molecular weight excluding hydrogens is 436 g/mol. The first-order chi connectivity index (χ1) is 17.2. The van der Waals surface area contributed by atoms with Gasteiger partial charge in [-0.2, -0.15) is 5.26 Å². The number of anilines is 5. The summed E-state index contributed by atoms with van der Waals surface area (Å²) in [6, 6.07) is 27.9. The standard InChI is InChI=1S/C28H20N6O/c29-18-19-4-9-26-25(16-19)27(12-15-31-26)33-23-2-1-3-24(17-23)34-28(35)20-5-7-21(8-6-20)32-22-10-13-30-14-11-22/h1-17H,(H,30,32)(H,31,33)(H,34,35). The SMILES string of the molecule is N#Cc1ccc2nccc(Nc3cccc(NC(=O)c4ccc(Nc5ccncc5)cc4)c3)c2c1. The topological polar surface area (TPSA) is 103 Å². The van der Waals surface area contributed by atoms with Crippen molar-refractivity contribution in [3.8, 4) is 6.07 Å². The van der Waals surface area contributed by atoms with Gasteiger partial charge in [-0.15, -0.1) is 0 Å². The highest BCUT2D eigenvalue weighted by Crippen LogP contribution is 2.27. The molecule has 0 saturated heterocycles. The van der Waals surface area contributed by atoms with Gasteiger partial charge in [-0.25, -0.2) is 0 Å². The molecule has 5 rings (SSSR count). The Morgan fingerprint density at radius 3 is 2.31 bits per heavy atom. The Bertz CT molecular complexity index is 1540. The van der Waals surface area contributed by atoms with Crippen LogP contribution in [-0.4, -0.2) is 15.9 Å². The molecule has 7 heteroatoms. The summed E-state index contributed by atoms with van der Waals surface area (Å²) in [5, 5.41) is 19.7. The third kappa shape index (κ3) is 5.07. The first kappa shape index (κ1) is 21.6. The number of amides is 1. The average molecular weight is 457 g/mol. The summed E-state index contributed by atoms with van der Waals surface area (Å²) in [7, 11) is 0. The molecule has 3 aromatic carbocycles. The lowest BCUT2D eigenvalue weighted by Gasteiger charge is -2.12. The number of hydrogen-bond donors (Lipinski definition) is 3. The van der Waals surface area contributed by atoms with Gasteiger partial charge in [0.15, 0.2) is 0 Å². The predicted octanol–water partition coefficient (Wildman–Crippen LogP) is 6.24. The predicted molar refractivity (Wildman–Crippen MR) is 138 cm³/mol. The van der Waals surface area contributed by atoms with Crippen molar-refractivity contribution < 1.29 is 4.79 Å². The molecule has 0 aliphatic heterocycles. The number of nitriles is 1. The van der Waals surface area contributed by atoms with Gasteiger partial charge in [0.05, 0.1) is 17.1 Å². The van der Waals surface area contributed by atoms with Crippen LogP contribution < -0.4 is 16.0 Å². The zero-order valence-electron chi connectivity index (χ0n) is 18.6. The van der Waals surface area contributed by atoms with Gasteiger partial charge in [0, 0.05) is 58.0 Å². The largest absolute Gasteiger partial charge is 0.355 e. The molecule has 0 fully saturated rings. The molecule has 5 aromatic rings. The number of carbonyl (C=O) groups excluding carboxylic acids is 1. The van der Waals surface area contributed by atoms with Crippen LogP contribution >= 0.6 is 0 Å². The fraction of sp³-hybridized carbons (Fsp3) is 0. The van der Waals surface area contributed by atoms with Crippen molar-refractivity contribution >= 4 is 45.2 Å². The summed E-state index contributed by atoms with van der Waals surface area (Å²) in [6.45, 7) is 0. The van der Waals surface area contributed by atoms with Gasteiger partial charge in [0.25, 0.3) is 5.91 Å². The van der Waals surface area contributed by atoms with Gasteiger partial charge >= 0.3 is 0 Å². The second-order valence-electron chi connectivity index (χ2n) is 7.80. The van der Waals surface area contributed by atoms with Gasteiger partial charge in [0.1, 0.15) is 0 Å². The number of hydrogen-bond acceptors (Lipinski definition) is 6. The normalized spacial score (nSPS) is 10.4. The van der Waals surface area contributed by atoms with E-state index in [1.807, 2.05) is 66.7 Å². The minimum Gasteiger partial charge on any atom is -0.355 e. The van der Waals surface area contributed by atoms with Crippen molar-refractivity contribution in [2.45, 2.75) is 0 Å². The highest BCUT2D eigenvalue weighted by molar-refractivity contribution is 6.04. The van der Waals surface area contributed by atoms with E-state index in [2.05, 4.69) is 32.0 Å². The first-order valence-electron chi connectivity index (χ1n) is 10.9. The highest BCUT2D eigenvalue weighted by atomic mass is 16.1. The van der Waals surface area contributed by atoms with Crippen molar-refractivity contribution in [3.05, 3.63) is 115 Å². The molecule has 0 spiro atoms. The van der Waals surface area contributed by atoms with Crippen molar-refractivity contribution in [1.82, 2.24) is 9.97 Å². The third-order valence-electron chi connectivity index (χ3n) is 5.39. The highest BCUT2D eigenvalue weighted by Gasteiger charge is 2.08. The minimum atomic E-state index is -0.203. The van der Waals surface area contributed by atoms with Crippen molar-refractivity contribution in [1.29, 1.82) is 5.26 Å². The molecule has 0 bridgehead atoms. The van der Waals surface area contributed by atoms with E-state index in [4.69, 9.17) is 0 Å². The van der Waals surface area contributed by atoms with E-state index in [0.717, 1.165) is 33.7 Å². The smallest absolute Gasteiger partial charge is 0.255 e. The van der Waals surface area contributed by atoms with E-state index in [9.17, 15) is 10.1 Å². The zero-order valence-corrected chi connectivity index (χ0v) is 18.6. The maximum atomic E-state index is 12.8. The Hall–Kier alpha value is -5.22. The molecule has 2 aromatic heterocycles. The van der Waals surface area contributed by atoms with Crippen LogP contribution in [0.3, 0.4) is 0 Å². The molecule has 0 atom stereocenters. The van der Waals surface area contributed by atoms with Crippen LogP contribution in [0.15, 0.2) is 104 Å². The van der Waals surface area contributed by atoms with Crippen LogP contribution in [0.5, 0.6) is 0 Å². The maximum absolute atomic E-state index is 12.8. The Kier molecular flexibility index (Phi) is 6.01. The number of nitrogens with one attached hydrogen (secondary N) is 3. The Morgan fingerprint density at radius 1 is 0.743 bits per heavy atom. The lowest BCUT2D eigenvalue weighted by molar-refractivity contribution is 0.102. The van der Waals surface area contributed by atoms with Crippen molar-refractivity contribution in [3.63, 3.8) is 0 Å². The van der Waals surface area contributed by atoms with Gasteiger partial charge in [0.2, 0.25) is 0 Å². The van der Waals surface area contributed by atoms with E-state index < -0.39 is 0 Å². The van der Waals surface area contributed by atoms with Gasteiger partial charge < -0.3 is 16.0 Å². The third-order valence-corrected chi connectivity index (χ3v) is 5.39. The number of benzene rings is 3. The van der Waals surface area contributed by atoms with E-state index in [1.54, 1.807) is 36.8 Å². The molecule has 1 amide bonds. The second kappa shape index (κ2) is 9.73. The number of pyridine rings is 2. The fourth-order valence-electron chi connectivity index (χ4n) is 3.67. The number of fused-ring (bicyclic) bond motifs is 1. The second-order valence-corrected chi connectivity index (χ2v) is 7.80. The lowest BCUT2D eigenvalue weighted by atomic mass is 10.1. The molecule has 0 aliphatic rings. The van der Waals surface area contributed by atoms with Crippen LogP contribution in [0.4, 0.5) is 28.4 Å². The average Bonchev–Trinajstić information content (AvgIpc) is 2.90. The fourth-order valence-corrected chi connectivity index (χ4v) is 3.67. The summed E-state index contributed by atoms with van der Waals surface area (Å²) >= 11 is 0. The number of rotatable bonds is 6. The molecule has 0 radical (unpaired) electrons. The van der Waals surface area contributed by atoms with E-state index >= 15 is 0 Å². The summed E-state index contributed by atoms with van der Waals surface area (Å²) in [6.07, 6.45) is 5.15.